The number of aromatic nitrogens is 1. The molecule has 2 amide bonds. The summed E-state index contributed by atoms with van der Waals surface area (Å²) in [5.74, 6) is -1.26. The molecule has 0 spiro atoms. The molecule has 0 aliphatic rings. The third kappa shape index (κ3) is 3.42. The van der Waals surface area contributed by atoms with E-state index in [9.17, 15) is 9.59 Å². The van der Waals surface area contributed by atoms with Gasteiger partial charge in [0.25, 0.3) is 0 Å². The summed E-state index contributed by atoms with van der Waals surface area (Å²) >= 11 is 0. The molecule has 0 radical (unpaired) electrons. The zero-order chi connectivity index (χ0) is 19.5. The Hall–Kier alpha value is -3.73. The molecule has 3 aromatic carbocycles. The topological polar surface area (TPSA) is 62.3 Å². The zero-order valence-electron chi connectivity index (χ0n) is 15.4. The van der Waals surface area contributed by atoms with E-state index in [4.69, 9.17) is 0 Å². The summed E-state index contributed by atoms with van der Waals surface area (Å²) < 4.78 is 0. The average molecular weight is 369 g/mol. The maximum atomic E-state index is 12.6. The van der Waals surface area contributed by atoms with E-state index in [2.05, 4.69) is 10.3 Å². The van der Waals surface area contributed by atoms with Crippen LogP contribution in [0.1, 0.15) is 5.56 Å². The number of nitrogens with one attached hydrogen (secondary N) is 1. The second kappa shape index (κ2) is 7.48. The minimum Gasteiger partial charge on any atom is -0.333 e. The van der Waals surface area contributed by atoms with Crippen molar-refractivity contribution in [2.24, 2.45) is 0 Å². The van der Waals surface area contributed by atoms with Gasteiger partial charge in [0, 0.05) is 31.4 Å². The Morgan fingerprint density at radius 1 is 0.893 bits per heavy atom. The SMILES string of the molecule is CN(Cc1cccc2ccccc12)C(=O)C(=O)Nc1cccc2ccncc12. The van der Waals surface area contributed by atoms with Crippen LogP contribution in [0, 0.1) is 0 Å². The van der Waals surface area contributed by atoms with E-state index >= 15 is 0 Å². The van der Waals surface area contributed by atoms with E-state index in [1.807, 2.05) is 60.7 Å². The fourth-order valence-electron chi connectivity index (χ4n) is 3.33. The van der Waals surface area contributed by atoms with Crippen LogP contribution in [0.25, 0.3) is 21.5 Å². The van der Waals surface area contributed by atoms with Crippen LogP contribution in [0.4, 0.5) is 5.69 Å². The number of carbonyl (C=O) groups is 2. The second-order valence-corrected chi connectivity index (χ2v) is 6.66. The lowest BCUT2D eigenvalue weighted by atomic mass is 10.0. The number of amides is 2. The first-order valence-corrected chi connectivity index (χ1v) is 8.99. The lowest BCUT2D eigenvalue weighted by Gasteiger charge is -2.18. The molecule has 5 nitrogen and oxygen atoms in total. The van der Waals surface area contributed by atoms with E-state index < -0.39 is 11.8 Å². The maximum Gasteiger partial charge on any atom is 0.313 e. The van der Waals surface area contributed by atoms with Crippen molar-refractivity contribution in [1.82, 2.24) is 9.88 Å². The van der Waals surface area contributed by atoms with Crippen LogP contribution in [0.3, 0.4) is 0 Å². The molecule has 1 N–H and O–H groups in total. The average Bonchev–Trinajstić information content (AvgIpc) is 2.73. The summed E-state index contributed by atoms with van der Waals surface area (Å²) in [6, 6.07) is 21.3. The van der Waals surface area contributed by atoms with Gasteiger partial charge >= 0.3 is 11.8 Å². The van der Waals surface area contributed by atoms with E-state index in [1.165, 1.54) is 4.90 Å². The third-order valence-corrected chi connectivity index (χ3v) is 4.76. The Balaban J connectivity index is 1.52. The van der Waals surface area contributed by atoms with Gasteiger partial charge in [-0.2, -0.15) is 0 Å². The Morgan fingerprint density at radius 3 is 2.46 bits per heavy atom. The van der Waals surface area contributed by atoms with Gasteiger partial charge < -0.3 is 10.2 Å². The van der Waals surface area contributed by atoms with Gasteiger partial charge in [0.1, 0.15) is 0 Å². The predicted molar refractivity (Wildman–Crippen MR) is 111 cm³/mol. The molecule has 1 heterocycles. The number of likely N-dealkylation sites (N-methyl/N-ethyl adjacent to an activating group) is 1. The Labute approximate surface area is 162 Å². The highest BCUT2D eigenvalue weighted by molar-refractivity contribution is 6.40. The van der Waals surface area contributed by atoms with Crippen LogP contribution >= 0.6 is 0 Å². The van der Waals surface area contributed by atoms with E-state index in [-0.39, 0.29) is 0 Å². The molecule has 5 heteroatoms. The van der Waals surface area contributed by atoms with Gasteiger partial charge in [-0.3, -0.25) is 14.6 Å². The van der Waals surface area contributed by atoms with Crippen molar-refractivity contribution in [3.8, 4) is 0 Å². The smallest absolute Gasteiger partial charge is 0.313 e. The number of anilines is 1. The van der Waals surface area contributed by atoms with Crippen molar-refractivity contribution in [3.05, 3.63) is 84.7 Å². The molecule has 1 aromatic heterocycles. The van der Waals surface area contributed by atoms with Crippen molar-refractivity contribution >= 4 is 39.0 Å². The van der Waals surface area contributed by atoms with E-state index in [0.29, 0.717) is 12.2 Å². The first kappa shape index (κ1) is 17.7. The number of pyridine rings is 1. The highest BCUT2D eigenvalue weighted by atomic mass is 16.2. The summed E-state index contributed by atoms with van der Waals surface area (Å²) in [6.45, 7) is 0.352. The lowest BCUT2D eigenvalue weighted by molar-refractivity contribution is -0.142. The molecule has 0 unspecified atom stereocenters. The minimum atomic E-state index is -0.668. The van der Waals surface area contributed by atoms with Crippen molar-refractivity contribution in [1.29, 1.82) is 0 Å². The first-order chi connectivity index (χ1) is 13.6. The molecule has 0 fully saturated rings. The van der Waals surface area contributed by atoms with Crippen molar-refractivity contribution in [2.75, 3.05) is 12.4 Å². The molecular formula is C23H19N3O2. The standard InChI is InChI=1S/C23H19N3O2/c1-26(15-18-9-4-7-16-6-2-3-10-19(16)18)23(28)22(27)25-21-11-5-8-17-12-13-24-14-20(17)21/h2-14H,15H2,1H3,(H,25,27). The summed E-state index contributed by atoms with van der Waals surface area (Å²) in [7, 11) is 1.63. The molecule has 0 aliphatic heterocycles. The van der Waals surface area contributed by atoms with Crippen LogP contribution in [0.2, 0.25) is 0 Å². The number of carbonyl (C=O) groups excluding carboxylic acids is 2. The Kier molecular flexibility index (Phi) is 4.72. The number of nitrogens with zero attached hydrogens (tertiary/aromatic N) is 2. The highest BCUT2D eigenvalue weighted by Crippen LogP contribution is 2.22. The largest absolute Gasteiger partial charge is 0.333 e. The number of hydrogen-bond donors (Lipinski definition) is 1. The minimum absolute atomic E-state index is 0.352. The number of hydrogen-bond acceptors (Lipinski definition) is 3. The van der Waals surface area contributed by atoms with E-state index in [0.717, 1.165) is 27.1 Å². The fourth-order valence-corrected chi connectivity index (χ4v) is 3.33. The maximum absolute atomic E-state index is 12.6. The normalized spacial score (nSPS) is 10.8. The number of benzene rings is 3. The molecule has 0 aliphatic carbocycles. The first-order valence-electron chi connectivity index (χ1n) is 8.99. The van der Waals surface area contributed by atoms with Gasteiger partial charge in [0.15, 0.2) is 0 Å². The summed E-state index contributed by atoms with van der Waals surface area (Å²) in [4.78, 5) is 30.7. The van der Waals surface area contributed by atoms with Crippen LogP contribution in [-0.2, 0) is 16.1 Å². The fraction of sp³-hybridized carbons (Fsp3) is 0.0870. The molecule has 0 saturated carbocycles. The zero-order valence-corrected chi connectivity index (χ0v) is 15.4. The Morgan fingerprint density at radius 2 is 1.61 bits per heavy atom. The van der Waals surface area contributed by atoms with Gasteiger partial charge in [-0.15, -0.1) is 0 Å². The van der Waals surface area contributed by atoms with Gasteiger partial charge in [0.2, 0.25) is 0 Å². The van der Waals surface area contributed by atoms with Crippen LogP contribution in [0.15, 0.2) is 79.1 Å². The molecular weight excluding hydrogens is 350 g/mol. The molecule has 0 atom stereocenters. The monoisotopic (exact) mass is 369 g/mol. The van der Waals surface area contributed by atoms with Crippen molar-refractivity contribution in [2.45, 2.75) is 6.54 Å². The highest BCUT2D eigenvalue weighted by Gasteiger charge is 2.20. The van der Waals surface area contributed by atoms with Gasteiger partial charge in [0.05, 0.1) is 5.69 Å². The molecule has 4 rings (SSSR count). The van der Waals surface area contributed by atoms with E-state index in [1.54, 1.807) is 25.5 Å². The molecule has 28 heavy (non-hydrogen) atoms. The van der Waals surface area contributed by atoms with Gasteiger partial charge in [-0.25, -0.2) is 0 Å². The van der Waals surface area contributed by atoms with Crippen molar-refractivity contribution < 1.29 is 9.59 Å². The lowest BCUT2D eigenvalue weighted by Crippen LogP contribution is -2.36. The molecule has 138 valence electrons. The summed E-state index contributed by atoms with van der Waals surface area (Å²) in [5.41, 5.74) is 1.57. The van der Waals surface area contributed by atoms with Crippen LogP contribution in [-0.4, -0.2) is 28.7 Å². The summed E-state index contributed by atoms with van der Waals surface area (Å²) in [6.07, 6.45) is 3.37. The molecule has 0 bridgehead atoms. The van der Waals surface area contributed by atoms with Gasteiger partial charge in [-0.05, 0) is 33.9 Å². The van der Waals surface area contributed by atoms with Gasteiger partial charge in [-0.1, -0.05) is 54.6 Å². The summed E-state index contributed by atoms with van der Waals surface area (Å²) in [5, 5.41) is 6.64. The quantitative estimate of drug-likeness (QED) is 0.556. The third-order valence-electron chi connectivity index (χ3n) is 4.76. The van der Waals surface area contributed by atoms with Crippen LogP contribution < -0.4 is 5.32 Å². The number of rotatable bonds is 3. The molecule has 0 saturated heterocycles. The number of fused-ring (bicyclic) bond motifs is 2. The molecule has 4 aromatic rings. The Bertz CT molecular complexity index is 1180. The van der Waals surface area contributed by atoms with Crippen LogP contribution in [0.5, 0.6) is 0 Å². The predicted octanol–water partition coefficient (Wildman–Crippen LogP) is 3.99. The second-order valence-electron chi connectivity index (χ2n) is 6.66. The van der Waals surface area contributed by atoms with Crippen molar-refractivity contribution in [3.63, 3.8) is 0 Å².